The van der Waals surface area contributed by atoms with Gasteiger partial charge in [0.2, 0.25) is 0 Å². The van der Waals surface area contributed by atoms with E-state index in [0.29, 0.717) is 31.5 Å². The number of likely N-dealkylation sites (tertiary alicyclic amines) is 1. The third-order valence-electron chi connectivity index (χ3n) is 4.66. The summed E-state index contributed by atoms with van der Waals surface area (Å²) in [6.07, 6.45) is 1.15. The van der Waals surface area contributed by atoms with Gasteiger partial charge in [-0.25, -0.2) is 0 Å². The van der Waals surface area contributed by atoms with Crippen molar-refractivity contribution < 1.29 is 20.1 Å². The van der Waals surface area contributed by atoms with Gasteiger partial charge in [0.1, 0.15) is 0 Å². The Kier molecular flexibility index (Phi) is 4.55. The van der Waals surface area contributed by atoms with Crippen LogP contribution in [0.1, 0.15) is 28.8 Å². The van der Waals surface area contributed by atoms with Crippen LogP contribution < -0.4 is 0 Å². The smallest absolute Gasteiger partial charge is 0.176 e. The van der Waals surface area contributed by atoms with E-state index in [1.54, 1.807) is 0 Å². The molecule has 0 bridgehead atoms. The third kappa shape index (κ3) is 3.42. The summed E-state index contributed by atoms with van der Waals surface area (Å²) < 4.78 is 0. The third-order valence-corrected chi connectivity index (χ3v) is 4.66. The number of phenolic OH excluding ortho intramolecular Hbond substituents is 2. The Bertz CT molecular complexity index is 721. The van der Waals surface area contributed by atoms with Crippen LogP contribution in [0.15, 0.2) is 48.5 Å². The van der Waals surface area contributed by atoms with Crippen LogP contribution in [0.5, 0.6) is 11.5 Å². The average Bonchev–Trinajstić information content (AvgIpc) is 2.60. The largest absolute Gasteiger partial charge is 0.504 e. The van der Waals surface area contributed by atoms with Gasteiger partial charge in [-0.1, -0.05) is 30.3 Å². The number of ketones is 1. The minimum absolute atomic E-state index is 0.115. The summed E-state index contributed by atoms with van der Waals surface area (Å²) in [6.45, 7) is 1.48. The van der Waals surface area contributed by atoms with Crippen molar-refractivity contribution in [3.05, 3.63) is 59.7 Å². The molecule has 0 saturated carbocycles. The molecule has 2 aromatic rings. The SMILES string of the molecule is O=C(CN1CCC(O)(c2ccccc2)CC1)c1ccc(O)c(O)c1. The van der Waals surface area contributed by atoms with Gasteiger partial charge in [0.05, 0.1) is 12.1 Å². The molecule has 1 saturated heterocycles. The average molecular weight is 327 g/mol. The number of phenols is 2. The number of aliphatic hydroxyl groups is 1. The van der Waals surface area contributed by atoms with E-state index in [-0.39, 0.29) is 23.8 Å². The first-order valence-electron chi connectivity index (χ1n) is 8.03. The first kappa shape index (κ1) is 16.5. The summed E-state index contributed by atoms with van der Waals surface area (Å²) in [5, 5.41) is 29.6. The zero-order chi connectivity index (χ0) is 17.2. The van der Waals surface area contributed by atoms with Crippen molar-refractivity contribution in [1.29, 1.82) is 0 Å². The summed E-state index contributed by atoms with van der Waals surface area (Å²) in [5.74, 6) is -0.647. The first-order chi connectivity index (χ1) is 11.5. The number of benzene rings is 2. The fourth-order valence-electron chi connectivity index (χ4n) is 3.11. The van der Waals surface area contributed by atoms with Crippen LogP contribution in [-0.4, -0.2) is 45.6 Å². The Balaban J connectivity index is 1.61. The van der Waals surface area contributed by atoms with Crippen molar-refractivity contribution in [3.63, 3.8) is 0 Å². The lowest BCUT2D eigenvalue weighted by Gasteiger charge is -2.38. The molecule has 1 aliphatic heterocycles. The van der Waals surface area contributed by atoms with E-state index in [4.69, 9.17) is 0 Å². The van der Waals surface area contributed by atoms with Crippen molar-refractivity contribution in [2.45, 2.75) is 18.4 Å². The molecule has 1 aliphatic rings. The summed E-state index contributed by atoms with van der Waals surface area (Å²) >= 11 is 0. The van der Waals surface area contributed by atoms with Crippen molar-refractivity contribution in [1.82, 2.24) is 4.90 Å². The highest BCUT2D eigenvalue weighted by molar-refractivity contribution is 5.98. The Morgan fingerprint density at radius 3 is 2.29 bits per heavy atom. The van der Waals surface area contributed by atoms with Gasteiger partial charge in [-0.15, -0.1) is 0 Å². The zero-order valence-corrected chi connectivity index (χ0v) is 13.4. The molecular formula is C19H21NO4. The fourth-order valence-corrected chi connectivity index (χ4v) is 3.11. The number of carbonyl (C=O) groups excluding carboxylic acids is 1. The van der Waals surface area contributed by atoms with E-state index >= 15 is 0 Å². The van der Waals surface area contributed by atoms with Gasteiger partial charge in [-0.05, 0) is 36.6 Å². The molecule has 0 radical (unpaired) electrons. The van der Waals surface area contributed by atoms with Gasteiger partial charge >= 0.3 is 0 Å². The number of nitrogens with zero attached hydrogens (tertiary/aromatic N) is 1. The van der Waals surface area contributed by atoms with Crippen molar-refractivity contribution in [2.24, 2.45) is 0 Å². The predicted octanol–water partition coefficient (Wildman–Crippen LogP) is 2.26. The summed E-state index contributed by atoms with van der Waals surface area (Å²) in [5.41, 5.74) is 0.450. The minimum Gasteiger partial charge on any atom is -0.504 e. The maximum atomic E-state index is 12.3. The van der Waals surface area contributed by atoms with E-state index < -0.39 is 5.60 Å². The van der Waals surface area contributed by atoms with Crippen LogP contribution in [0.25, 0.3) is 0 Å². The van der Waals surface area contributed by atoms with Gasteiger partial charge in [-0.3, -0.25) is 9.69 Å². The highest BCUT2D eigenvalue weighted by Gasteiger charge is 2.34. The fraction of sp³-hybridized carbons (Fsp3) is 0.316. The highest BCUT2D eigenvalue weighted by atomic mass is 16.3. The highest BCUT2D eigenvalue weighted by Crippen LogP contribution is 2.32. The summed E-state index contributed by atoms with van der Waals surface area (Å²) in [7, 11) is 0. The van der Waals surface area contributed by atoms with Gasteiger partial charge in [-0.2, -0.15) is 0 Å². The number of aromatic hydroxyl groups is 2. The monoisotopic (exact) mass is 327 g/mol. The van der Waals surface area contributed by atoms with E-state index in [1.807, 2.05) is 35.2 Å². The van der Waals surface area contributed by atoms with Crippen LogP contribution in [0, 0.1) is 0 Å². The topological polar surface area (TPSA) is 81.0 Å². The molecule has 3 N–H and O–H groups in total. The molecule has 0 aromatic heterocycles. The lowest BCUT2D eigenvalue weighted by Crippen LogP contribution is -2.44. The van der Waals surface area contributed by atoms with Gasteiger partial charge in [0, 0.05) is 18.7 Å². The molecule has 3 rings (SSSR count). The van der Waals surface area contributed by atoms with Crippen molar-refractivity contribution in [2.75, 3.05) is 19.6 Å². The van der Waals surface area contributed by atoms with Gasteiger partial charge in [0.15, 0.2) is 17.3 Å². The number of piperidine rings is 1. The van der Waals surface area contributed by atoms with E-state index in [2.05, 4.69) is 0 Å². The number of hydrogen-bond donors (Lipinski definition) is 3. The van der Waals surface area contributed by atoms with Crippen molar-refractivity contribution in [3.8, 4) is 11.5 Å². The van der Waals surface area contributed by atoms with Gasteiger partial charge in [0.25, 0.3) is 0 Å². The molecular weight excluding hydrogens is 306 g/mol. The number of Topliss-reactive ketones (excluding diaryl/α,β-unsaturated/α-hetero) is 1. The molecule has 126 valence electrons. The molecule has 5 nitrogen and oxygen atoms in total. The molecule has 0 atom stereocenters. The van der Waals surface area contributed by atoms with Crippen LogP contribution in [-0.2, 0) is 5.60 Å². The second-order valence-electron chi connectivity index (χ2n) is 6.30. The minimum atomic E-state index is -0.836. The lowest BCUT2D eigenvalue weighted by atomic mass is 9.84. The Morgan fingerprint density at radius 2 is 1.67 bits per heavy atom. The summed E-state index contributed by atoms with van der Waals surface area (Å²) in [4.78, 5) is 14.3. The Morgan fingerprint density at radius 1 is 1.00 bits per heavy atom. The molecule has 1 fully saturated rings. The molecule has 0 spiro atoms. The van der Waals surface area contributed by atoms with Crippen LogP contribution in [0.2, 0.25) is 0 Å². The van der Waals surface area contributed by atoms with E-state index in [1.165, 1.54) is 18.2 Å². The second kappa shape index (κ2) is 6.63. The standard InChI is InChI=1S/C19H21NO4/c21-16-7-6-14(12-17(16)22)18(23)13-20-10-8-19(24,9-11-20)15-4-2-1-3-5-15/h1-7,12,21-22,24H,8-11,13H2. The maximum absolute atomic E-state index is 12.3. The lowest BCUT2D eigenvalue weighted by molar-refractivity contribution is -0.0245. The van der Waals surface area contributed by atoms with Crippen LogP contribution in [0.4, 0.5) is 0 Å². The first-order valence-corrected chi connectivity index (χ1v) is 8.03. The second-order valence-corrected chi connectivity index (χ2v) is 6.30. The zero-order valence-electron chi connectivity index (χ0n) is 13.4. The molecule has 5 heteroatoms. The Labute approximate surface area is 140 Å². The van der Waals surface area contributed by atoms with Crippen molar-refractivity contribution >= 4 is 5.78 Å². The Hall–Kier alpha value is -2.37. The molecule has 2 aromatic carbocycles. The molecule has 0 aliphatic carbocycles. The van der Waals surface area contributed by atoms with E-state index in [9.17, 15) is 20.1 Å². The quantitative estimate of drug-likeness (QED) is 0.593. The maximum Gasteiger partial charge on any atom is 0.176 e. The van der Waals surface area contributed by atoms with Crippen LogP contribution in [0.3, 0.4) is 0 Å². The van der Waals surface area contributed by atoms with Crippen LogP contribution >= 0.6 is 0 Å². The summed E-state index contributed by atoms with van der Waals surface area (Å²) in [6, 6.07) is 13.7. The number of hydrogen-bond acceptors (Lipinski definition) is 5. The molecule has 0 amide bonds. The van der Waals surface area contributed by atoms with Gasteiger partial charge < -0.3 is 15.3 Å². The predicted molar refractivity (Wildman–Crippen MR) is 90.1 cm³/mol. The normalized spacial score (nSPS) is 17.5. The van der Waals surface area contributed by atoms with E-state index in [0.717, 1.165) is 5.56 Å². The molecule has 0 unspecified atom stereocenters. The number of rotatable bonds is 4. The number of carbonyl (C=O) groups is 1. The molecule has 1 heterocycles. The molecule has 24 heavy (non-hydrogen) atoms.